The molecule has 1 unspecified atom stereocenters. The Morgan fingerprint density at radius 2 is 2.20 bits per heavy atom. The number of rotatable bonds is 6. The molecule has 2 rings (SSSR count). The van der Waals surface area contributed by atoms with Gasteiger partial charge < -0.3 is 4.74 Å². The van der Waals surface area contributed by atoms with Crippen molar-refractivity contribution in [2.24, 2.45) is 0 Å². The van der Waals surface area contributed by atoms with Gasteiger partial charge in [-0.3, -0.25) is 9.89 Å². The molecule has 0 fully saturated rings. The van der Waals surface area contributed by atoms with Crippen LogP contribution in [0, 0.1) is 0 Å². The second-order valence-corrected chi connectivity index (χ2v) is 12.0. The Morgan fingerprint density at radius 1 is 1.45 bits per heavy atom. The second-order valence-electron chi connectivity index (χ2n) is 6.02. The topological polar surface area (TPSA) is 55.0 Å². The van der Waals surface area contributed by atoms with Gasteiger partial charge in [0.1, 0.15) is 0 Å². The smallest absolute Gasteiger partial charge is 0.158 e. The number of benzene rings is 1. The maximum absolute atomic E-state index is 11.0. The molecule has 2 aromatic rings. The van der Waals surface area contributed by atoms with Crippen molar-refractivity contribution in [1.29, 1.82) is 0 Å². The molecule has 0 saturated heterocycles. The molecule has 0 aliphatic rings. The van der Waals surface area contributed by atoms with E-state index in [4.69, 9.17) is 16.3 Å². The van der Waals surface area contributed by atoms with Gasteiger partial charge in [0.2, 0.25) is 0 Å². The summed E-state index contributed by atoms with van der Waals surface area (Å²) in [5.74, 6) is 0. The van der Waals surface area contributed by atoms with Crippen molar-refractivity contribution in [1.82, 2.24) is 10.2 Å². The van der Waals surface area contributed by atoms with E-state index in [-0.39, 0.29) is 0 Å². The van der Waals surface area contributed by atoms with Gasteiger partial charge >= 0.3 is 0 Å². The lowest BCUT2D eigenvalue weighted by Crippen LogP contribution is -2.21. The van der Waals surface area contributed by atoms with Gasteiger partial charge in [-0.1, -0.05) is 43.4 Å². The lowest BCUT2D eigenvalue weighted by molar-refractivity contribution is 0.112. The summed E-state index contributed by atoms with van der Waals surface area (Å²) in [5.41, 5.74) is 1.65. The highest BCUT2D eigenvalue weighted by molar-refractivity contribution is 6.76. The van der Waals surface area contributed by atoms with Gasteiger partial charge in [-0.2, -0.15) is 5.10 Å². The maximum Gasteiger partial charge on any atom is 0.158 e. The van der Waals surface area contributed by atoms with Crippen LogP contribution in [0.3, 0.4) is 0 Å². The van der Waals surface area contributed by atoms with Crippen molar-refractivity contribution in [3.05, 3.63) is 29.5 Å². The van der Waals surface area contributed by atoms with E-state index in [0.717, 1.165) is 28.8 Å². The van der Waals surface area contributed by atoms with Gasteiger partial charge in [-0.05, 0) is 6.04 Å². The number of halogens is 1. The fraction of sp³-hybridized carbons (Fsp3) is 0.429. The number of nitrogens with zero attached hydrogens (tertiary/aromatic N) is 1. The van der Waals surface area contributed by atoms with E-state index in [9.17, 15) is 4.79 Å². The van der Waals surface area contributed by atoms with Crippen molar-refractivity contribution in [2.45, 2.75) is 31.2 Å². The molecule has 0 radical (unpaired) electrons. The van der Waals surface area contributed by atoms with E-state index >= 15 is 0 Å². The third kappa shape index (κ3) is 3.48. The van der Waals surface area contributed by atoms with E-state index in [1.165, 1.54) is 0 Å². The minimum atomic E-state index is -1.13. The maximum atomic E-state index is 11.0. The Balaban J connectivity index is 2.16. The van der Waals surface area contributed by atoms with Crippen LogP contribution in [0.4, 0.5) is 0 Å². The highest BCUT2D eigenvalue weighted by Gasteiger charge is 2.17. The molecule has 20 heavy (non-hydrogen) atoms. The van der Waals surface area contributed by atoms with Crippen LogP contribution in [0.5, 0.6) is 0 Å². The summed E-state index contributed by atoms with van der Waals surface area (Å²) in [6.45, 7) is 7.54. The first-order chi connectivity index (χ1) is 9.42. The number of carbonyl (C=O) groups excluding carboxylic acids is 1. The van der Waals surface area contributed by atoms with E-state index in [0.29, 0.717) is 12.2 Å². The number of fused-ring (bicyclic) bond motifs is 1. The summed E-state index contributed by atoms with van der Waals surface area (Å²) >= 11 is 6.32. The second kappa shape index (κ2) is 6.07. The Labute approximate surface area is 124 Å². The van der Waals surface area contributed by atoms with Crippen LogP contribution in [0.1, 0.15) is 21.5 Å². The molecule has 0 spiro atoms. The van der Waals surface area contributed by atoms with Crippen LogP contribution in [-0.2, 0) is 4.74 Å². The lowest BCUT2D eigenvalue weighted by atomic mass is 10.1. The van der Waals surface area contributed by atoms with Gasteiger partial charge in [0.15, 0.2) is 11.8 Å². The predicted octanol–water partition coefficient (Wildman–Crippen LogP) is 3.97. The minimum Gasteiger partial charge on any atom is -0.358 e. The third-order valence-electron chi connectivity index (χ3n) is 3.17. The van der Waals surface area contributed by atoms with Gasteiger partial charge in [-0.25, -0.2) is 0 Å². The van der Waals surface area contributed by atoms with Crippen molar-refractivity contribution in [3.8, 4) is 0 Å². The monoisotopic (exact) mass is 310 g/mol. The van der Waals surface area contributed by atoms with Crippen LogP contribution in [0.15, 0.2) is 18.3 Å². The molecule has 0 bridgehead atoms. The molecule has 0 saturated carbocycles. The van der Waals surface area contributed by atoms with Crippen molar-refractivity contribution < 1.29 is 9.53 Å². The average Bonchev–Trinajstić information content (AvgIpc) is 2.84. The number of alkyl halides is 1. The van der Waals surface area contributed by atoms with Gasteiger partial charge in [-0.15, -0.1) is 0 Å². The number of hydrogen-bond donors (Lipinski definition) is 1. The van der Waals surface area contributed by atoms with E-state index in [1.807, 2.05) is 6.07 Å². The fourth-order valence-electron chi connectivity index (χ4n) is 1.93. The minimum absolute atomic E-state index is 0.532. The summed E-state index contributed by atoms with van der Waals surface area (Å²) < 4.78 is 5.72. The molecule has 1 aromatic heterocycles. The zero-order chi connectivity index (χ0) is 14.8. The molecule has 1 heterocycles. The van der Waals surface area contributed by atoms with Crippen LogP contribution in [-0.4, -0.2) is 31.2 Å². The normalized spacial score (nSPS) is 13.6. The fourth-order valence-corrected chi connectivity index (χ4v) is 2.93. The molecule has 0 aliphatic carbocycles. The Morgan fingerprint density at radius 3 is 2.85 bits per heavy atom. The van der Waals surface area contributed by atoms with Crippen molar-refractivity contribution in [2.75, 3.05) is 6.61 Å². The molecule has 4 nitrogen and oxygen atoms in total. The van der Waals surface area contributed by atoms with E-state index in [2.05, 4.69) is 29.8 Å². The third-order valence-corrected chi connectivity index (χ3v) is 5.23. The molecular weight excluding hydrogens is 292 g/mol. The molecule has 6 heteroatoms. The quantitative estimate of drug-likeness (QED) is 0.499. The SMILES string of the molecule is C[Si](C)(C)CCOC(Cl)c1ccc(C=O)c2cn[nH]c12. The largest absolute Gasteiger partial charge is 0.358 e. The number of nitrogens with one attached hydrogen (secondary N) is 1. The highest BCUT2D eigenvalue weighted by atomic mass is 35.5. The Bertz CT molecular complexity index is 607. The zero-order valence-corrected chi connectivity index (χ0v) is 13.7. The summed E-state index contributed by atoms with van der Waals surface area (Å²) in [6.07, 6.45) is 2.45. The number of hydrogen-bond acceptors (Lipinski definition) is 3. The summed E-state index contributed by atoms with van der Waals surface area (Å²) in [6, 6.07) is 4.63. The molecule has 1 N–H and O–H groups in total. The summed E-state index contributed by atoms with van der Waals surface area (Å²) in [4.78, 5) is 11.0. The summed E-state index contributed by atoms with van der Waals surface area (Å²) in [7, 11) is -1.13. The molecular formula is C14H19ClN2O2Si. The van der Waals surface area contributed by atoms with Crippen LogP contribution in [0.25, 0.3) is 10.9 Å². The first kappa shape index (κ1) is 15.2. The molecule has 1 atom stereocenters. The first-order valence-corrected chi connectivity index (χ1v) is 10.7. The standard InChI is InChI=1S/C14H19ClN2O2Si/c1-20(2,3)7-6-19-14(15)11-5-4-10(9-18)12-8-16-17-13(11)12/h4-5,8-9,14H,6-7H2,1-3H3,(H,16,17). The molecule has 108 valence electrons. The van der Waals surface area contributed by atoms with Crippen LogP contribution >= 0.6 is 11.6 Å². The number of H-pyrrole nitrogens is 1. The van der Waals surface area contributed by atoms with E-state index < -0.39 is 13.6 Å². The first-order valence-electron chi connectivity index (χ1n) is 6.59. The van der Waals surface area contributed by atoms with Gasteiger partial charge in [0, 0.05) is 31.2 Å². The van der Waals surface area contributed by atoms with Crippen molar-refractivity contribution >= 4 is 36.9 Å². The number of aromatic nitrogens is 2. The number of aldehydes is 1. The molecule has 0 aliphatic heterocycles. The predicted molar refractivity (Wildman–Crippen MR) is 84.2 cm³/mol. The molecule has 1 aromatic carbocycles. The highest BCUT2D eigenvalue weighted by Crippen LogP contribution is 2.30. The van der Waals surface area contributed by atoms with Crippen molar-refractivity contribution in [3.63, 3.8) is 0 Å². The van der Waals surface area contributed by atoms with E-state index in [1.54, 1.807) is 12.3 Å². The van der Waals surface area contributed by atoms with Crippen LogP contribution in [0.2, 0.25) is 25.7 Å². The number of carbonyl (C=O) groups is 1. The zero-order valence-electron chi connectivity index (χ0n) is 11.9. The lowest BCUT2D eigenvalue weighted by Gasteiger charge is -2.18. The molecule has 0 amide bonds. The average molecular weight is 311 g/mol. The number of aromatic amines is 1. The van der Waals surface area contributed by atoms with Crippen LogP contribution < -0.4 is 0 Å². The Hall–Kier alpha value is -1.17. The number of ether oxygens (including phenoxy) is 1. The van der Waals surface area contributed by atoms with Gasteiger partial charge in [0.05, 0.1) is 11.7 Å². The van der Waals surface area contributed by atoms with Gasteiger partial charge in [0.25, 0.3) is 0 Å². The Kier molecular flexibility index (Phi) is 4.62. The summed E-state index contributed by atoms with van der Waals surface area (Å²) in [5, 5.41) is 7.64.